The molecule has 0 aliphatic heterocycles. The molecule has 0 aromatic heterocycles. The van der Waals surface area contributed by atoms with Crippen LogP contribution in [-0.2, 0) is 4.74 Å². The Kier molecular flexibility index (Phi) is 6.15. The average molecular weight is 184 g/mol. The van der Waals surface area contributed by atoms with Crippen molar-refractivity contribution in [3.05, 3.63) is 35.7 Å². The summed E-state index contributed by atoms with van der Waals surface area (Å²) in [5, 5.41) is 0. The van der Waals surface area contributed by atoms with Gasteiger partial charge in [0.1, 0.15) is 5.83 Å². The molecule has 0 fully saturated rings. The van der Waals surface area contributed by atoms with Gasteiger partial charge in [0.2, 0.25) is 0 Å². The van der Waals surface area contributed by atoms with Crippen LogP contribution in [0.4, 0.5) is 4.39 Å². The molecular weight excluding hydrogens is 167 g/mol. The molecule has 1 rings (SSSR count). The first kappa shape index (κ1) is 12.1. The van der Waals surface area contributed by atoms with Gasteiger partial charge in [0.15, 0.2) is 0 Å². The van der Waals surface area contributed by atoms with E-state index in [4.69, 9.17) is 4.74 Å². The normalized spacial score (nSPS) is 20.8. The molecule has 1 aliphatic carbocycles. The minimum atomic E-state index is -0.237. The highest BCUT2D eigenvalue weighted by molar-refractivity contribution is 5.31. The predicted molar refractivity (Wildman–Crippen MR) is 54.2 cm³/mol. The first-order chi connectivity index (χ1) is 6.22. The fourth-order valence-electron chi connectivity index (χ4n) is 0.919. The summed E-state index contributed by atoms with van der Waals surface area (Å²) in [5.74, 6) is -0.237. The molecule has 2 heteroatoms. The van der Waals surface area contributed by atoms with Gasteiger partial charge in [-0.3, -0.25) is 0 Å². The molecule has 0 amide bonds. The van der Waals surface area contributed by atoms with E-state index in [1.807, 2.05) is 32.9 Å². The second kappa shape index (κ2) is 6.61. The Hall–Kier alpha value is -0.890. The standard InChI is InChI=1S/C9H11FO.C2H6/c1-7-3-4-9(11-2)6-8(10)5-7;1-2/h3-6,9H,1-2H3;1-2H3. The topological polar surface area (TPSA) is 9.23 Å². The molecule has 0 bridgehead atoms. The second-order valence-corrected chi connectivity index (χ2v) is 2.50. The monoisotopic (exact) mass is 184 g/mol. The Labute approximate surface area is 79.6 Å². The highest BCUT2D eigenvalue weighted by Crippen LogP contribution is 2.12. The minimum absolute atomic E-state index is 0.233. The zero-order valence-corrected chi connectivity index (χ0v) is 8.67. The molecule has 0 radical (unpaired) electrons. The fourth-order valence-corrected chi connectivity index (χ4v) is 0.919. The van der Waals surface area contributed by atoms with Crippen molar-refractivity contribution >= 4 is 0 Å². The third kappa shape index (κ3) is 4.63. The zero-order chi connectivity index (χ0) is 10.3. The van der Waals surface area contributed by atoms with Crippen molar-refractivity contribution in [1.29, 1.82) is 0 Å². The van der Waals surface area contributed by atoms with Gasteiger partial charge in [-0.1, -0.05) is 26.0 Å². The molecule has 0 spiro atoms. The van der Waals surface area contributed by atoms with Gasteiger partial charge in [0.05, 0.1) is 6.10 Å². The molecular formula is C11H17FO. The highest BCUT2D eigenvalue weighted by Gasteiger charge is 2.03. The lowest BCUT2D eigenvalue weighted by atomic mass is 10.2. The van der Waals surface area contributed by atoms with Crippen LogP contribution in [0.1, 0.15) is 20.8 Å². The van der Waals surface area contributed by atoms with E-state index in [9.17, 15) is 4.39 Å². The summed E-state index contributed by atoms with van der Waals surface area (Å²) < 4.78 is 17.7. The van der Waals surface area contributed by atoms with E-state index in [2.05, 4.69) is 0 Å². The van der Waals surface area contributed by atoms with Gasteiger partial charge in [-0.05, 0) is 24.6 Å². The summed E-state index contributed by atoms with van der Waals surface area (Å²) in [7, 11) is 1.56. The summed E-state index contributed by atoms with van der Waals surface area (Å²) in [6, 6.07) is 0. The van der Waals surface area contributed by atoms with Crippen LogP contribution in [0.15, 0.2) is 35.7 Å². The number of halogens is 1. The Morgan fingerprint density at radius 2 is 2.00 bits per heavy atom. The predicted octanol–water partition coefficient (Wildman–Crippen LogP) is 3.40. The summed E-state index contributed by atoms with van der Waals surface area (Å²) >= 11 is 0. The zero-order valence-electron chi connectivity index (χ0n) is 8.67. The molecule has 0 aromatic rings. The number of ether oxygens (including phenoxy) is 1. The van der Waals surface area contributed by atoms with Crippen molar-refractivity contribution in [1.82, 2.24) is 0 Å². The Morgan fingerprint density at radius 3 is 2.54 bits per heavy atom. The molecule has 0 heterocycles. The van der Waals surface area contributed by atoms with Gasteiger partial charge in [-0.2, -0.15) is 0 Å². The number of hydrogen-bond donors (Lipinski definition) is 0. The highest BCUT2D eigenvalue weighted by atomic mass is 19.1. The summed E-state index contributed by atoms with van der Waals surface area (Å²) in [5.41, 5.74) is 0.901. The quantitative estimate of drug-likeness (QED) is 0.607. The third-order valence-electron chi connectivity index (χ3n) is 1.51. The van der Waals surface area contributed by atoms with Gasteiger partial charge < -0.3 is 4.74 Å². The number of methoxy groups -OCH3 is 1. The molecule has 74 valence electrons. The van der Waals surface area contributed by atoms with E-state index in [-0.39, 0.29) is 11.9 Å². The van der Waals surface area contributed by atoms with Crippen LogP contribution in [0.2, 0.25) is 0 Å². The molecule has 0 saturated carbocycles. The summed E-state index contributed by atoms with van der Waals surface area (Å²) in [6.07, 6.45) is 6.35. The fraction of sp³-hybridized carbons (Fsp3) is 0.455. The van der Waals surface area contributed by atoms with Crippen molar-refractivity contribution in [2.75, 3.05) is 7.11 Å². The van der Waals surface area contributed by atoms with E-state index < -0.39 is 0 Å². The average Bonchev–Trinajstić information content (AvgIpc) is 2.30. The van der Waals surface area contributed by atoms with E-state index in [1.165, 1.54) is 12.2 Å². The summed E-state index contributed by atoms with van der Waals surface area (Å²) in [6.45, 7) is 5.85. The molecule has 0 saturated heterocycles. The lowest BCUT2D eigenvalue weighted by Gasteiger charge is -2.01. The van der Waals surface area contributed by atoms with Crippen molar-refractivity contribution in [3.8, 4) is 0 Å². The Balaban J connectivity index is 0.000000671. The van der Waals surface area contributed by atoms with Crippen molar-refractivity contribution < 1.29 is 9.13 Å². The maximum Gasteiger partial charge on any atom is 0.122 e. The number of hydrogen-bond acceptors (Lipinski definition) is 1. The van der Waals surface area contributed by atoms with Gasteiger partial charge in [0.25, 0.3) is 0 Å². The van der Waals surface area contributed by atoms with Crippen LogP contribution >= 0.6 is 0 Å². The third-order valence-corrected chi connectivity index (χ3v) is 1.51. The summed E-state index contributed by atoms with van der Waals surface area (Å²) in [4.78, 5) is 0. The SMILES string of the molecule is CC.COC1C=CC(C)=CC(F)=C1. The van der Waals surface area contributed by atoms with Crippen LogP contribution in [0, 0.1) is 0 Å². The van der Waals surface area contributed by atoms with Gasteiger partial charge in [0, 0.05) is 7.11 Å². The van der Waals surface area contributed by atoms with E-state index in [0.717, 1.165) is 5.57 Å². The molecule has 13 heavy (non-hydrogen) atoms. The van der Waals surface area contributed by atoms with Crippen molar-refractivity contribution in [2.24, 2.45) is 0 Å². The second-order valence-electron chi connectivity index (χ2n) is 2.50. The van der Waals surface area contributed by atoms with Gasteiger partial charge >= 0.3 is 0 Å². The van der Waals surface area contributed by atoms with Crippen molar-refractivity contribution in [3.63, 3.8) is 0 Å². The maximum atomic E-state index is 12.8. The molecule has 0 aromatic carbocycles. The Morgan fingerprint density at radius 1 is 1.38 bits per heavy atom. The van der Waals surface area contributed by atoms with E-state index in [0.29, 0.717) is 0 Å². The van der Waals surface area contributed by atoms with E-state index >= 15 is 0 Å². The molecule has 1 aliphatic rings. The number of rotatable bonds is 1. The van der Waals surface area contributed by atoms with Gasteiger partial charge in [-0.15, -0.1) is 0 Å². The number of allylic oxidation sites excluding steroid dienone is 4. The van der Waals surface area contributed by atoms with Crippen LogP contribution in [0.5, 0.6) is 0 Å². The van der Waals surface area contributed by atoms with Crippen LogP contribution in [-0.4, -0.2) is 13.2 Å². The van der Waals surface area contributed by atoms with Crippen LogP contribution in [0.3, 0.4) is 0 Å². The maximum absolute atomic E-state index is 12.8. The Bertz CT molecular complexity index is 226. The lowest BCUT2D eigenvalue weighted by molar-refractivity contribution is 0.176. The first-order valence-electron chi connectivity index (χ1n) is 4.49. The largest absolute Gasteiger partial charge is 0.373 e. The van der Waals surface area contributed by atoms with Crippen molar-refractivity contribution in [2.45, 2.75) is 26.9 Å². The minimum Gasteiger partial charge on any atom is -0.373 e. The molecule has 1 nitrogen and oxygen atoms in total. The smallest absolute Gasteiger partial charge is 0.122 e. The molecule has 0 N–H and O–H groups in total. The molecule has 1 atom stereocenters. The van der Waals surface area contributed by atoms with Crippen LogP contribution < -0.4 is 0 Å². The van der Waals surface area contributed by atoms with Crippen LogP contribution in [0.25, 0.3) is 0 Å². The molecule has 1 unspecified atom stereocenters. The van der Waals surface area contributed by atoms with E-state index in [1.54, 1.807) is 7.11 Å². The van der Waals surface area contributed by atoms with Gasteiger partial charge in [-0.25, -0.2) is 4.39 Å². The first-order valence-corrected chi connectivity index (χ1v) is 4.49. The lowest BCUT2D eigenvalue weighted by Crippen LogP contribution is -2.01.